The lowest BCUT2D eigenvalue weighted by Crippen LogP contribution is -2.39. The Labute approximate surface area is 119 Å². The van der Waals surface area contributed by atoms with Crippen molar-refractivity contribution in [3.63, 3.8) is 0 Å². The fourth-order valence-corrected chi connectivity index (χ4v) is 2.33. The van der Waals surface area contributed by atoms with E-state index in [2.05, 4.69) is 12.2 Å². The van der Waals surface area contributed by atoms with E-state index < -0.39 is 6.10 Å². The largest absolute Gasteiger partial charge is 0.391 e. The van der Waals surface area contributed by atoms with Crippen LogP contribution in [-0.2, 0) is 4.79 Å². The molecule has 0 aromatic rings. The molecular formula is C16H33NO2. The number of hydrogen-bond donors (Lipinski definition) is 2. The van der Waals surface area contributed by atoms with Crippen molar-refractivity contribution >= 4 is 5.91 Å². The second-order valence-corrected chi connectivity index (χ2v) is 5.67. The van der Waals surface area contributed by atoms with E-state index in [0.717, 1.165) is 12.8 Å². The number of aliphatic hydroxyl groups is 1. The highest BCUT2D eigenvalue weighted by Crippen LogP contribution is 2.12. The molecule has 1 amide bonds. The van der Waals surface area contributed by atoms with Crippen molar-refractivity contribution in [2.75, 3.05) is 0 Å². The van der Waals surface area contributed by atoms with Crippen LogP contribution in [0.3, 0.4) is 0 Å². The van der Waals surface area contributed by atoms with Crippen LogP contribution in [0.2, 0.25) is 0 Å². The molecule has 0 bridgehead atoms. The molecule has 2 N–H and O–H groups in total. The summed E-state index contributed by atoms with van der Waals surface area (Å²) in [5, 5.41) is 12.6. The number of hydrogen-bond acceptors (Lipinski definition) is 2. The van der Waals surface area contributed by atoms with Gasteiger partial charge >= 0.3 is 0 Å². The first-order chi connectivity index (χ1) is 9.07. The maximum absolute atomic E-state index is 10.9. The van der Waals surface area contributed by atoms with Gasteiger partial charge in [0.1, 0.15) is 0 Å². The SMILES string of the molecule is CCCCCCCCCCC[C@H](O)[C@H](C)NC(C)=O. The average molecular weight is 271 g/mol. The molecule has 0 rings (SSSR count). The van der Waals surface area contributed by atoms with E-state index in [9.17, 15) is 9.90 Å². The van der Waals surface area contributed by atoms with Gasteiger partial charge in [0.05, 0.1) is 12.1 Å². The van der Waals surface area contributed by atoms with Gasteiger partial charge in [-0.15, -0.1) is 0 Å². The highest BCUT2D eigenvalue weighted by molar-refractivity contribution is 5.73. The number of unbranched alkanes of at least 4 members (excludes halogenated alkanes) is 8. The Morgan fingerprint density at radius 1 is 1.00 bits per heavy atom. The summed E-state index contributed by atoms with van der Waals surface area (Å²) >= 11 is 0. The second-order valence-electron chi connectivity index (χ2n) is 5.67. The number of carbonyl (C=O) groups excluding carboxylic acids is 1. The lowest BCUT2D eigenvalue weighted by atomic mass is 10.0. The monoisotopic (exact) mass is 271 g/mol. The van der Waals surface area contributed by atoms with Crippen molar-refractivity contribution in [2.24, 2.45) is 0 Å². The third kappa shape index (κ3) is 12.2. The van der Waals surface area contributed by atoms with Crippen LogP contribution in [0.4, 0.5) is 0 Å². The first kappa shape index (κ1) is 18.4. The normalized spacial score (nSPS) is 14.1. The molecule has 0 heterocycles. The first-order valence-electron chi connectivity index (χ1n) is 8.03. The lowest BCUT2D eigenvalue weighted by molar-refractivity contribution is -0.120. The molecule has 3 nitrogen and oxygen atoms in total. The number of aliphatic hydroxyl groups excluding tert-OH is 1. The van der Waals surface area contributed by atoms with Gasteiger partial charge in [-0.1, -0.05) is 64.7 Å². The van der Waals surface area contributed by atoms with Crippen molar-refractivity contribution in [3.05, 3.63) is 0 Å². The van der Waals surface area contributed by atoms with Gasteiger partial charge in [-0.25, -0.2) is 0 Å². The van der Waals surface area contributed by atoms with Crippen molar-refractivity contribution in [1.29, 1.82) is 0 Å². The van der Waals surface area contributed by atoms with E-state index in [1.807, 2.05) is 6.92 Å². The van der Waals surface area contributed by atoms with Crippen LogP contribution in [0.5, 0.6) is 0 Å². The Morgan fingerprint density at radius 3 is 1.95 bits per heavy atom. The van der Waals surface area contributed by atoms with Crippen LogP contribution in [0.15, 0.2) is 0 Å². The summed E-state index contributed by atoms with van der Waals surface area (Å²) in [5.41, 5.74) is 0. The third-order valence-electron chi connectivity index (χ3n) is 3.61. The molecule has 0 spiro atoms. The Balaban J connectivity index is 3.31. The molecule has 0 aromatic carbocycles. The second kappa shape index (κ2) is 12.5. The molecular weight excluding hydrogens is 238 g/mol. The number of amides is 1. The van der Waals surface area contributed by atoms with E-state index in [0.29, 0.717) is 0 Å². The van der Waals surface area contributed by atoms with E-state index in [-0.39, 0.29) is 11.9 Å². The zero-order valence-electron chi connectivity index (χ0n) is 13.1. The Bertz CT molecular complexity index is 219. The molecule has 0 fully saturated rings. The summed E-state index contributed by atoms with van der Waals surface area (Å²) in [6, 6.07) is -0.133. The van der Waals surface area contributed by atoms with Crippen LogP contribution in [0.1, 0.15) is 85.0 Å². The Kier molecular flexibility index (Phi) is 12.1. The van der Waals surface area contributed by atoms with Crippen molar-refractivity contribution in [1.82, 2.24) is 5.32 Å². The summed E-state index contributed by atoms with van der Waals surface area (Å²) in [4.78, 5) is 10.9. The number of carbonyl (C=O) groups is 1. The van der Waals surface area contributed by atoms with Gasteiger partial charge < -0.3 is 10.4 Å². The van der Waals surface area contributed by atoms with Crippen molar-refractivity contribution in [3.8, 4) is 0 Å². The minimum Gasteiger partial charge on any atom is -0.391 e. The summed E-state index contributed by atoms with van der Waals surface area (Å²) in [6.45, 7) is 5.59. The first-order valence-corrected chi connectivity index (χ1v) is 8.03. The number of nitrogens with one attached hydrogen (secondary N) is 1. The Hall–Kier alpha value is -0.570. The standard InChI is InChI=1S/C16H33NO2/c1-4-5-6-7-8-9-10-11-12-13-16(19)14(2)17-15(3)18/h14,16,19H,4-13H2,1-3H3,(H,17,18)/t14-,16-/m0/s1. The fraction of sp³-hybridized carbons (Fsp3) is 0.938. The zero-order chi connectivity index (χ0) is 14.5. The van der Waals surface area contributed by atoms with E-state index in [1.54, 1.807) is 0 Å². The molecule has 0 saturated heterocycles. The Morgan fingerprint density at radius 2 is 1.47 bits per heavy atom. The minimum atomic E-state index is -0.409. The predicted octanol–water partition coefficient (Wildman–Crippen LogP) is 3.79. The number of rotatable bonds is 12. The molecule has 0 unspecified atom stereocenters. The summed E-state index contributed by atoms with van der Waals surface area (Å²) in [7, 11) is 0. The molecule has 2 atom stereocenters. The summed E-state index contributed by atoms with van der Waals surface area (Å²) in [5.74, 6) is -0.0707. The molecule has 0 radical (unpaired) electrons. The molecule has 19 heavy (non-hydrogen) atoms. The predicted molar refractivity (Wildman–Crippen MR) is 81.1 cm³/mol. The van der Waals surface area contributed by atoms with Crippen LogP contribution < -0.4 is 5.32 Å². The van der Waals surface area contributed by atoms with Gasteiger partial charge in [0.15, 0.2) is 0 Å². The molecule has 114 valence electrons. The van der Waals surface area contributed by atoms with Crippen molar-refractivity contribution in [2.45, 2.75) is 97.1 Å². The van der Waals surface area contributed by atoms with Crippen LogP contribution in [-0.4, -0.2) is 23.2 Å². The highest BCUT2D eigenvalue weighted by atomic mass is 16.3. The topological polar surface area (TPSA) is 49.3 Å². The van der Waals surface area contributed by atoms with E-state index >= 15 is 0 Å². The zero-order valence-corrected chi connectivity index (χ0v) is 13.1. The smallest absolute Gasteiger partial charge is 0.217 e. The lowest BCUT2D eigenvalue weighted by Gasteiger charge is -2.19. The van der Waals surface area contributed by atoms with Gasteiger partial charge in [0.25, 0.3) is 0 Å². The average Bonchev–Trinajstić information content (AvgIpc) is 2.35. The molecule has 0 aliphatic rings. The van der Waals surface area contributed by atoms with E-state index in [4.69, 9.17) is 0 Å². The molecule has 0 saturated carbocycles. The summed E-state index contributed by atoms with van der Waals surface area (Å²) in [6.07, 6.45) is 12.0. The molecule has 3 heteroatoms. The van der Waals surface area contributed by atoms with Crippen LogP contribution in [0.25, 0.3) is 0 Å². The van der Waals surface area contributed by atoms with Gasteiger partial charge in [-0.05, 0) is 13.3 Å². The van der Waals surface area contributed by atoms with Gasteiger partial charge in [0, 0.05) is 6.92 Å². The quantitative estimate of drug-likeness (QED) is 0.531. The highest BCUT2D eigenvalue weighted by Gasteiger charge is 2.13. The fourth-order valence-electron chi connectivity index (χ4n) is 2.33. The van der Waals surface area contributed by atoms with Crippen LogP contribution >= 0.6 is 0 Å². The van der Waals surface area contributed by atoms with Crippen molar-refractivity contribution < 1.29 is 9.90 Å². The van der Waals surface area contributed by atoms with Gasteiger partial charge in [0.2, 0.25) is 5.91 Å². The maximum atomic E-state index is 10.9. The summed E-state index contributed by atoms with van der Waals surface area (Å²) < 4.78 is 0. The van der Waals surface area contributed by atoms with E-state index in [1.165, 1.54) is 58.3 Å². The maximum Gasteiger partial charge on any atom is 0.217 e. The van der Waals surface area contributed by atoms with Crippen LogP contribution in [0, 0.1) is 0 Å². The minimum absolute atomic E-state index is 0.0707. The molecule has 0 aromatic heterocycles. The molecule has 0 aliphatic heterocycles. The van der Waals surface area contributed by atoms with Gasteiger partial charge in [-0.2, -0.15) is 0 Å². The van der Waals surface area contributed by atoms with Gasteiger partial charge in [-0.3, -0.25) is 4.79 Å². The molecule has 0 aliphatic carbocycles. The third-order valence-corrected chi connectivity index (χ3v) is 3.61.